The fourth-order valence-electron chi connectivity index (χ4n) is 1.58. The Kier molecular flexibility index (Phi) is 6.59. The summed E-state index contributed by atoms with van der Waals surface area (Å²) in [5.74, 6) is -0.746. The first kappa shape index (κ1) is 17.9. The fraction of sp³-hybridized carbons (Fsp3) is 0.0667. The van der Waals surface area contributed by atoms with Gasteiger partial charge in [0.05, 0.1) is 16.3 Å². The summed E-state index contributed by atoms with van der Waals surface area (Å²) in [4.78, 5) is 24.6. The second kappa shape index (κ2) is 8.45. The van der Waals surface area contributed by atoms with E-state index in [1.807, 2.05) is 12.1 Å². The lowest BCUT2D eigenvalue weighted by Crippen LogP contribution is -2.42. The maximum atomic E-state index is 11.9. The van der Waals surface area contributed by atoms with Gasteiger partial charge >= 0.3 is 0 Å². The smallest absolute Gasteiger partial charge is 0.271 e. The van der Waals surface area contributed by atoms with Gasteiger partial charge in [-0.15, -0.1) is 11.8 Å². The minimum absolute atomic E-state index is 0.144. The molecule has 0 aliphatic heterocycles. The summed E-state index contributed by atoms with van der Waals surface area (Å²) in [6, 6.07) is 11.6. The fourth-order valence-corrected chi connectivity index (χ4v) is 2.78. The standard InChI is InChI=1S/C15H11Cl3N2O2S/c16-9-1-4-11(5-2-9)23-8-14(21)19-20-15(22)12-7-10(17)3-6-13(12)18/h1-7H,8H2,(H,19,21)(H,20,22). The molecule has 0 heterocycles. The molecule has 2 rings (SSSR count). The van der Waals surface area contributed by atoms with Crippen LogP contribution < -0.4 is 10.9 Å². The summed E-state index contributed by atoms with van der Waals surface area (Å²) >= 11 is 18.8. The highest BCUT2D eigenvalue weighted by molar-refractivity contribution is 8.00. The lowest BCUT2D eigenvalue weighted by atomic mass is 10.2. The van der Waals surface area contributed by atoms with Gasteiger partial charge in [0.1, 0.15) is 0 Å². The Morgan fingerprint density at radius 3 is 2.26 bits per heavy atom. The van der Waals surface area contributed by atoms with Gasteiger partial charge in [0.25, 0.3) is 5.91 Å². The van der Waals surface area contributed by atoms with Crippen LogP contribution in [0.2, 0.25) is 15.1 Å². The molecule has 8 heteroatoms. The summed E-state index contributed by atoms with van der Waals surface area (Å²) in [5.41, 5.74) is 4.80. The molecule has 0 aliphatic carbocycles. The van der Waals surface area contributed by atoms with Gasteiger partial charge in [0, 0.05) is 14.9 Å². The van der Waals surface area contributed by atoms with E-state index in [-0.39, 0.29) is 22.2 Å². The number of thioether (sulfide) groups is 1. The van der Waals surface area contributed by atoms with E-state index in [1.165, 1.54) is 23.9 Å². The van der Waals surface area contributed by atoms with Crippen LogP contribution in [-0.4, -0.2) is 17.6 Å². The predicted molar refractivity (Wildman–Crippen MR) is 94.2 cm³/mol. The number of hydrazine groups is 1. The molecule has 2 aromatic carbocycles. The van der Waals surface area contributed by atoms with E-state index in [2.05, 4.69) is 10.9 Å². The highest BCUT2D eigenvalue weighted by Crippen LogP contribution is 2.21. The van der Waals surface area contributed by atoms with Crippen LogP contribution in [0.1, 0.15) is 10.4 Å². The van der Waals surface area contributed by atoms with E-state index in [4.69, 9.17) is 34.8 Å². The Morgan fingerprint density at radius 2 is 1.57 bits per heavy atom. The third-order valence-corrected chi connectivity index (χ3v) is 4.50. The lowest BCUT2D eigenvalue weighted by molar-refractivity contribution is -0.119. The predicted octanol–water partition coefficient (Wildman–Crippen LogP) is 4.20. The third-order valence-electron chi connectivity index (χ3n) is 2.67. The number of benzene rings is 2. The third kappa shape index (κ3) is 5.62. The number of hydrogen-bond acceptors (Lipinski definition) is 3. The van der Waals surface area contributed by atoms with E-state index in [0.717, 1.165) is 4.90 Å². The molecule has 0 unspecified atom stereocenters. The molecule has 0 spiro atoms. The summed E-state index contributed by atoms with van der Waals surface area (Å²) < 4.78 is 0. The van der Waals surface area contributed by atoms with E-state index < -0.39 is 5.91 Å². The first-order valence-electron chi connectivity index (χ1n) is 6.38. The van der Waals surface area contributed by atoms with Crippen molar-refractivity contribution in [2.24, 2.45) is 0 Å². The van der Waals surface area contributed by atoms with E-state index in [0.29, 0.717) is 10.0 Å². The second-order valence-electron chi connectivity index (χ2n) is 4.37. The van der Waals surface area contributed by atoms with Crippen LogP contribution in [0.25, 0.3) is 0 Å². The van der Waals surface area contributed by atoms with Crippen molar-refractivity contribution in [1.82, 2.24) is 10.9 Å². The van der Waals surface area contributed by atoms with E-state index in [1.54, 1.807) is 18.2 Å². The topological polar surface area (TPSA) is 58.2 Å². The number of nitrogens with one attached hydrogen (secondary N) is 2. The Bertz CT molecular complexity index is 723. The molecular weight excluding hydrogens is 379 g/mol. The van der Waals surface area contributed by atoms with Crippen molar-refractivity contribution < 1.29 is 9.59 Å². The summed E-state index contributed by atoms with van der Waals surface area (Å²) in [6.45, 7) is 0. The Balaban J connectivity index is 1.83. The van der Waals surface area contributed by atoms with Gasteiger partial charge in [-0.2, -0.15) is 0 Å². The van der Waals surface area contributed by atoms with Gasteiger partial charge < -0.3 is 0 Å². The average Bonchev–Trinajstić information content (AvgIpc) is 2.54. The number of carbonyl (C=O) groups is 2. The first-order valence-corrected chi connectivity index (χ1v) is 8.50. The molecule has 0 bridgehead atoms. The van der Waals surface area contributed by atoms with Crippen molar-refractivity contribution in [1.29, 1.82) is 0 Å². The average molecular weight is 390 g/mol. The molecule has 0 saturated heterocycles. The maximum absolute atomic E-state index is 11.9. The molecule has 120 valence electrons. The highest BCUT2D eigenvalue weighted by Gasteiger charge is 2.12. The molecule has 2 aromatic rings. The minimum Gasteiger partial charge on any atom is -0.272 e. The van der Waals surface area contributed by atoms with Crippen LogP contribution in [0, 0.1) is 0 Å². The summed E-state index contributed by atoms with van der Waals surface area (Å²) in [5, 5.41) is 1.25. The molecule has 0 aliphatic rings. The lowest BCUT2D eigenvalue weighted by Gasteiger charge is -2.08. The quantitative estimate of drug-likeness (QED) is 0.608. The largest absolute Gasteiger partial charge is 0.272 e. The molecule has 0 aromatic heterocycles. The molecule has 2 N–H and O–H groups in total. The zero-order valence-electron chi connectivity index (χ0n) is 11.6. The zero-order chi connectivity index (χ0) is 16.8. The molecule has 2 amide bonds. The van der Waals surface area contributed by atoms with Gasteiger partial charge in [-0.25, -0.2) is 0 Å². The van der Waals surface area contributed by atoms with Gasteiger partial charge in [-0.1, -0.05) is 34.8 Å². The molecule has 0 fully saturated rings. The van der Waals surface area contributed by atoms with Crippen LogP contribution in [-0.2, 0) is 4.79 Å². The van der Waals surface area contributed by atoms with Crippen molar-refractivity contribution in [2.75, 3.05) is 5.75 Å². The first-order chi connectivity index (χ1) is 11.0. The van der Waals surface area contributed by atoms with E-state index in [9.17, 15) is 9.59 Å². The van der Waals surface area contributed by atoms with E-state index >= 15 is 0 Å². The van der Waals surface area contributed by atoms with Gasteiger partial charge in [-0.05, 0) is 42.5 Å². The summed E-state index contributed by atoms with van der Waals surface area (Å²) in [7, 11) is 0. The molecule has 0 radical (unpaired) electrons. The van der Waals surface area contributed by atoms with Gasteiger partial charge in [0.2, 0.25) is 5.91 Å². The van der Waals surface area contributed by atoms with Crippen molar-refractivity contribution in [3.63, 3.8) is 0 Å². The summed E-state index contributed by atoms with van der Waals surface area (Å²) in [6.07, 6.45) is 0. The molecule has 0 saturated carbocycles. The minimum atomic E-state index is -0.539. The van der Waals surface area contributed by atoms with Crippen LogP contribution in [0.3, 0.4) is 0 Å². The highest BCUT2D eigenvalue weighted by atomic mass is 35.5. The van der Waals surface area contributed by atoms with Crippen molar-refractivity contribution >= 4 is 58.4 Å². The number of carbonyl (C=O) groups excluding carboxylic acids is 2. The molecular formula is C15H11Cl3N2O2S. The zero-order valence-corrected chi connectivity index (χ0v) is 14.7. The van der Waals surface area contributed by atoms with Crippen LogP contribution in [0.4, 0.5) is 0 Å². The SMILES string of the molecule is O=C(CSc1ccc(Cl)cc1)NNC(=O)c1cc(Cl)ccc1Cl. The van der Waals surface area contributed by atoms with Gasteiger partial charge in [-0.3, -0.25) is 20.4 Å². The molecule has 4 nitrogen and oxygen atoms in total. The maximum Gasteiger partial charge on any atom is 0.271 e. The van der Waals surface area contributed by atoms with Crippen LogP contribution in [0.15, 0.2) is 47.4 Å². The normalized spacial score (nSPS) is 10.2. The Labute approximate surface area is 152 Å². The number of hydrogen-bond donors (Lipinski definition) is 2. The number of halogens is 3. The second-order valence-corrected chi connectivity index (χ2v) is 6.70. The number of rotatable bonds is 4. The van der Waals surface area contributed by atoms with Crippen molar-refractivity contribution in [2.45, 2.75) is 4.90 Å². The van der Waals surface area contributed by atoms with Crippen molar-refractivity contribution in [3.8, 4) is 0 Å². The number of amides is 2. The Hall–Kier alpha value is -1.40. The molecule has 0 atom stereocenters. The van der Waals surface area contributed by atoms with Crippen molar-refractivity contribution in [3.05, 3.63) is 63.1 Å². The molecule has 23 heavy (non-hydrogen) atoms. The van der Waals surface area contributed by atoms with Crippen LogP contribution in [0.5, 0.6) is 0 Å². The Morgan fingerprint density at radius 1 is 0.913 bits per heavy atom. The van der Waals surface area contributed by atoms with Gasteiger partial charge in [0.15, 0.2) is 0 Å². The van der Waals surface area contributed by atoms with Crippen LogP contribution >= 0.6 is 46.6 Å². The monoisotopic (exact) mass is 388 g/mol.